The number of hydrogen-bond acceptors (Lipinski definition) is 3. The second-order valence-corrected chi connectivity index (χ2v) is 5.42. The topological polar surface area (TPSA) is 59.6 Å². The first kappa shape index (κ1) is 16.7. The average Bonchev–Trinajstić information content (AvgIpc) is 2.50. The van der Waals surface area contributed by atoms with Crippen LogP contribution in [0.15, 0.2) is 30.3 Å². The Balaban J connectivity index is 2.20. The van der Waals surface area contributed by atoms with E-state index in [2.05, 4.69) is 10.6 Å². The molecule has 0 radical (unpaired) electrons. The number of aryl methyl sites for hydroxylation is 3. The quantitative estimate of drug-likeness (QED) is 0.886. The Morgan fingerprint density at radius 3 is 2.13 bits per heavy atom. The van der Waals surface area contributed by atoms with Gasteiger partial charge in [0.05, 0.1) is 19.9 Å². The molecule has 2 aromatic carbocycles. The fourth-order valence-corrected chi connectivity index (χ4v) is 2.56. The number of carbonyl (C=O) groups excluding carboxylic acids is 1. The zero-order valence-electron chi connectivity index (χ0n) is 14.1. The molecule has 0 fully saturated rings. The third kappa shape index (κ3) is 3.94. The summed E-state index contributed by atoms with van der Waals surface area (Å²) in [6, 6.07) is 8.98. The van der Waals surface area contributed by atoms with Crippen molar-refractivity contribution in [3.8, 4) is 11.5 Å². The van der Waals surface area contributed by atoms with Crippen LogP contribution >= 0.6 is 0 Å². The number of hydrogen-bond donors (Lipinski definition) is 2. The van der Waals surface area contributed by atoms with Gasteiger partial charge in [0.15, 0.2) is 0 Å². The van der Waals surface area contributed by atoms with Crippen molar-refractivity contribution in [2.24, 2.45) is 0 Å². The zero-order valence-corrected chi connectivity index (χ0v) is 14.1. The fraction of sp³-hybridized carbons (Fsp3) is 0.278. The van der Waals surface area contributed by atoms with Gasteiger partial charge in [0.2, 0.25) is 0 Å². The van der Waals surface area contributed by atoms with E-state index >= 15 is 0 Å². The molecule has 0 spiro atoms. The molecule has 2 aromatic rings. The highest BCUT2D eigenvalue weighted by Gasteiger charge is 2.11. The smallest absolute Gasteiger partial charge is 0.323 e. The van der Waals surface area contributed by atoms with E-state index in [0.717, 1.165) is 16.8 Å². The van der Waals surface area contributed by atoms with E-state index in [1.807, 2.05) is 32.9 Å². The Hall–Kier alpha value is -2.69. The number of urea groups is 1. The van der Waals surface area contributed by atoms with Crippen LogP contribution in [-0.4, -0.2) is 20.3 Å². The predicted octanol–water partition coefficient (Wildman–Crippen LogP) is 4.27. The van der Waals surface area contributed by atoms with Crippen molar-refractivity contribution >= 4 is 17.4 Å². The van der Waals surface area contributed by atoms with Crippen LogP contribution in [0.25, 0.3) is 0 Å². The molecular weight excluding hydrogens is 292 g/mol. The van der Waals surface area contributed by atoms with Gasteiger partial charge in [-0.1, -0.05) is 17.7 Å². The monoisotopic (exact) mass is 314 g/mol. The lowest BCUT2D eigenvalue weighted by atomic mass is 10.1. The first-order chi connectivity index (χ1) is 10.9. The van der Waals surface area contributed by atoms with Crippen molar-refractivity contribution in [2.45, 2.75) is 20.8 Å². The molecule has 0 aromatic heterocycles. The van der Waals surface area contributed by atoms with E-state index in [1.54, 1.807) is 32.4 Å². The third-order valence-corrected chi connectivity index (χ3v) is 3.57. The van der Waals surface area contributed by atoms with Gasteiger partial charge in [-0.25, -0.2) is 4.79 Å². The molecule has 0 aliphatic rings. The molecule has 23 heavy (non-hydrogen) atoms. The molecule has 0 bridgehead atoms. The van der Waals surface area contributed by atoms with Crippen LogP contribution in [0.5, 0.6) is 11.5 Å². The maximum Gasteiger partial charge on any atom is 0.323 e. The Kier molecular flexibility index (Phi) is 5.11. The highest BCUT2D eigenvalue weighted by molar-refractivity contribution is 6.01. The summed E-state index contributed by atoms with van der Waals surface area (Å²) in [5.74, 6) is 1.21. The van der Waals surface area contributed by atoms with Gasteiger partial charge in [-0.2, -0.15) is 0 Å². The molecule has 5 nitrogen and oxygen atoms in total. The number of methoxy groups -OCH3 is 2. The highest BCUT2D eigenvalue weighted by Crippen LogP contribution is 2.29. The van der Waals surface area contributed by atoms with Crippen LogP contribution in [-0.2, 0) is 0 Å². The molecule has 0 saturated carbocycles. The van der Waals surface area contributed by atoms with E-state index in [-0.39, 0.29) is 6.03 Å². The number of amides is 2. The van der Waals surface area contributed by atoms with Crippen LogP contribution in [0.1, 0.15) is 16.7 Å². The van der Waals surface area contributed by atoms with Crippen LogP contribution < -0.4 is 20.1 Å². The van der Waals surface area contributed by atoms with Crippen LogP contribution in [0, 0.1) is 20.8 Å². The van der Waals surface area contributed by atoms with E-state index in [0.29, 0.717) is 17.2 Å². The Morgan fingerprint density at radius 2 is 1.57 bits per heavy atom. The van der Waals surface area contributed by atoms with Crippen molar-refractivity contribution in [1.82, 2.24) is 0 Å². The van der Waals surface area contributed by atoms with Crippen molar-refractivity contribution in [2.75, 3.05) is 24.9 Å². The molecule has 0 heterocycles. The standard InChI is InChI=1S/C18H22N2O3/c1-11-8-12(2)17(13(3)9-11)20-18(21)19-15-10-14(22-4)6-7-16(15)23-5/h6-10H,1-5H3,(H2,19,20,21). The molecule has 5 heteroatoms. The molecule has 2 rings (SSSR count). The first-order valence-corrected chi connectivity index (χ1v) is 7.32. The van der Waals surface area contributed by atoms with Gasteiger partial charge in [0.25, 0.3) is 0 Å². The number of nitrogens with one attached hydrogen (secondary N) is 2. The van der Waals surface area contributed by atoms with Crippen molar-refractivity contribution < 1.29 is 14.3 Å². The minimum atomic E-state index is -0.327. The van der Waals surface area contributed by atoms with Crippen molar-refractivity contribution in [1.29, 1.82) is 0 Å². The van der Waals surface area contributed by atoms with E-state index < -0.39 is 0 Å². The van der Waals surface area contributed by atoms with Gasteiger partial charge in [-0.3, -0.25) is 0 Å². The van der Waals surface area contributed by atoms with Crippen molar-refractivity contribution in [3.05, 3.63) is 47.0 Å². The molecule has 2 amide bonds. The molecule has 0 aliphatic carbocycles. The lowest BCUT2D eigenvalue weighted by Gasteiger charge is -2.15. The van der Waals surface area contributed by atoms with E-state index in [4.69, 9.17) is 9.47 Å². The zero-order chi connectivity index (χ0) is 17.0. The summed E-state index contributed by atoms with van der Waals surface area (Å²) in [6.07, 6.45) is 0. The largest absolute Gasteiger partial charge is 0.497 e. The number of ether oxygens (including phenoxy) is 2. The molecule has 0 unspecified atom stereocenters. The van der Waals surface area contributed by atoms with Gasteiger partial charge in [-0.15, -0.1) is 0 Å². The Bertz CT molecular complexity index is 703. The lowest BCUT2D eigenvalue weighted by molar-refractivity contribution is 0.262. The number of carbonyl (C=O) groups is 1. The maximum absolute atomic E-state index is 12.3. The number of benzene rings is 2. The first-order valence-electron chi connectivity index (χ1n) is 7.32. The molecular formula is C18H22N2O3. The van der Waals surface area contributed by atoms with Gasteiger partial charge in [-0.05, 0) is 44.0 Å². The van der Waals surface area contributed by atoms with Gasteiger partial charge < -0.3 is 20.1 Å². The lowest BCUT2D eigenvalue weighted by Crippen LogP contribution is -2.21. The molecule has 0 aliphatic heterocycles. The SMILES string of the molecule is COc1ccc(OC)c(NC(=O)Nc2c(C)cc(C)cc2C)c1. The normalized spacial score (nSPS) is 10.1. The summed E-state index contributed by atoms with van der Waals surface area (Å²) in [6.45, 7) is 5.98. The van der Waals surface area contributed by atoms with Gasteiger partial charge >= 0.3 is 6.03 Å². The third-order valence-electron chi connectivity index (χ3n) is 3.57. The van der Waals surface area contributed by atoms with E-state index in [9.17, 15) is 4.79 Å². The minimum Gasteiger partial charge on any atom is -0.497 e. The molecule has 122 valence electrons. The summed E-state index contributed by atoms with van der Waals surface area (Å²) in [4.78, 5) is 12.3. The Labute approximate surface area is 136 Å². The summed E-state index contributed by atoms with van der Waals surface area (Å²) in [7, 11) is 3.13. The second kappa shape index (κ2) is 7.05. The summed E-state index contributed by atoms with van der Waals surface area (Å²) >= 11 is 0. The van der Waals surface area contributed by atoms with Crippen LogP contribution in [0.3, 0.4) is 0 Å². The summed E-state index contributed by atoms with van der Waals surface area (Å²) in [5.41, 5.74) is 4.58. The van der Waals surface area contributed by atoms with E-state index in [1.165, 1.54) is 5.56 Å². The average molecular weight is 314 g/mol. The highest BCUT2D eigenvalue weighted by atomic mass is 16.5. The molecule has 0 atom stereocenters. The minimum absolute atomic E-state index is 0.327. The molecule has 2 N–H and O–H groups in total. The summed E-state index contributed by atoms with van der Waals surface area (Å²) in [5, 5.41) is 5.70. The van der Waals surface area contributed by atoms with Gasteiger partial charge in [0.1, 0.15) is 11.5 Å². The second-order valence-electron chi connectivity index (χ2n) is 5.42. The van der Waals surface area contributed by atoms with Gasteiger partial charge in [0, 0.05) is 11.8 Å². The number of rotatable bonds is 4. The Morgan fingerprint density at radius 1 is 0.913 bits per heavy atom. The molecule has 0 saturated heterocycles. The maximum atomic E-state index is 12.3. The van der Waals surface area contributed by atoms with Crippen LogP contribution in [0.2, 0.25) is 0 Å². The van der Waals surface area contributed by atoms with Crippen molar-refractivity contribution in [3.63, 3.8) is 0 Å². The van der Waals surface area contributed by atoms with Crippen LogP contribution in [0.4, 0.5) is 16.2 Å². The summed E-state index contributed by atoms with van der Waals surface area (Å²) < 4.78 is 10.4. The number of anilines is 2. The fourth-order valence-electron chi connectivity index (χ4n) is 2.56. The predicted molar refractivity (Wildman–Crippen MR) is 92.8 cm³/mol.